The molecule has 0 bridgehead atoms. The van der Waals surface area contributed by atoms with Crippen molar-refractivity contribution in [2.75, 3.05) is 0 Å². The molecule has 0 saturated heterocycles. The molecule has 3 rings (SSSR count). The van der Waals surface area contributed by atoms with E-state index in [1.54, 1.807) is 22.7 Å². The minimum absolute atomic E-state index is 0.278. The molecule has 0 aliphatic heterocycles. The third kappa shape index (κ3) is 3.17. The maximum atomic E-state index is 4.27. The van der Waals surface area contributed by atoms with Gasteiger partial charge in [0.15, 0.2) is 0 Å². The van der Waals surface area contributed by atoms with Gasteiger partial charge in [0.2, 0.25) is 0 Å². The molecule has 5 heteroatoms. The number of rotatable bonds is 6. The van der Waals surface area contributed by atoms with Gasteiger partial charge in [-0.05, 0) is 35.9 Å². The lowest BCUT2D eigenvalue weighted by Crippen LogP contribution is -2.34. The number of thiophene rings is 2. The first-order valence-corrected chi connectivity index (χ1v) is 8.39. The molecule has 3 nitrogen and oxygen atoms in total. The van der Waals surface area contributed by atoms with Crippen molar-refractivity contribution in [3.8, 4) is 0 Å². The first kappa shape index (κ1) is 13.5. The van der Waals surface area contributed by atoms with Gasteiger partial charge in [0.05, 0.1) is 12.6 Å². The van der Waals surface area contributed by atoms with Gasteiger partial charge < -0.3 is 5.32 Å². The number of nitrogens with one attached hydrogen (secondary N) is 1. The summed E-state index contributed by atoms with van der Waals surface area (Å²) in [6.45, 7) is 3.08. The quantitative estimate of drug-likeness (QED) is 0.751. The van der Waals surface area contributed by atoms with Crippen molar-refractivity contribution in [3.05, 3.63) is 63.2 Å². The van der Waals surface area contributed by atoms with E-state index < -0.39 is 0 Å². The first-order valence-electron chi connectivity index (χ1n) is 6.63. The summed E-state index contributed by atoms with van der Waals surface area (Å²) < 4.78 is 1.97. The predicted molar refractivity (Wildman–Crippen MR) is 85.3 cm³/mol. The Kier molecular flexibility index (Phi) is 4.30. The summed E-state index contributed by atoms with van der Waals surface area (Å²) in [7, 11) is 0. The molecule has 0 aromatic carbocycles. The third-order valence-electron chi connectivity index (χ3n) is 3.13. The van der Waals surface area contributed by atoms with Gasteiger partial charge in [0.1, 0.15) is 0 Å². The van der Waals surface area contributed by atoms with Crippen LogP contribution in [0.3, 0.4) is 0 Å². The average Bonchev–Trinajstić information content (AvgIpc) is 3.18. The van der Waals surface area contributed by atoms with Crippen molar-refractivity contribution in [2.24, 2.45) is 0 Å². The summed E-state index contributed by atoms with van der Waals surface area (Å²) in [5.74, 6) is 0. The maximum Gasteiger partial charge on any atom is 0.0767 e. The molecule has 1 N–H and O–H groups in total. The fourth-order valence-corrected chi connectivity index (χ4v) is 3.92. The van der Waals surface area contributed by atoms with Crippen LogP contribution in [0, 0.1) is 0 Å². The van der Waals surface area contributed by atoms with Crippen LogP contribution in [0.15, 0.2) is 53.5 Å². The van der Waals surface area contributed by atoms with E-state index in [9.17, 15) is 0 Å². The Bertz CT molecular complexity index is 565. The Morgan fingerprint density at radius 2 is 1.85 bits per heavy atom. The largest absolute Gasteiger partial charge is 0.301 e. The summed E-state index contributed by atoms with van der Waals surface area (Å²) in [4.78, 5) is 2.72. The molecule has 0 saturated carbocycles. The minimum Gasteiger partial charge on any atom is -0.301 e. The summed E-state index contributed by atoms with van der Waals surface area (Å²) in [5, 5.41) is 12.3. The van der Waals surface area contributed by atoms with Crippen molar-refractivity contribution in [2.45, 2.75) is 25.6 Å². The van der Waals surface area contributed by atoms with Crippen molar-refractivity contribution >= 4 is 22.7 Å². The second kappa shape index (κ2) is 6.35. The van der Waals surface area contributed by atoms with E-state index in [0.29, 0.717) is 6.04 Å². The Hall–Kier alpha value is -1.43. The molecule has 0 fully saturated rings. The van der Waals surface area contributed by atoms with Crippen LogP contribution in [0.25, 0.3) is 0 Å². The minimum atomic E-state index is 0.278. The molecule has 20 heavy (non-hydrogen) atoms. The van der Waals surface area contributed by atoms with Crippen LogP contribution < -0.4 is 5.32 Å². The molecule has 0 aliphatic rings. The zero-order valence-electron chi connectivity index (χ0n) is 11.3. The van der Waals surface area contributed by atoms with E-state index in [0.717, 1.165) is 6.54 Å². The van der Waals surface area contributed by atoms with E-state index in [1.165, 1.54) is 9.75 Å². The topological polar surface area (TPSA) is 29.9 Å². The molecular formula is C15H17N3S2. The number of aromatic nitrogens is 2. The molecule has 3 aromatic rings. The average molecular weight is 303 g/mol. The second-order valence-electron chi connectivity index (χ2n) is 4.76. The fraction of sp³-hybridized carbons (Fsp3) is 0.267. The highest BCUT2D eigenvalue weighted by molar-refractivity contribution is 7.11. The highest BCUT2D eigenvalue weighted by Gasteiger charge is 2.18. The monoisotopic (exact) mass is 303 g/mol. The summed E-state index contributed by atoms with van der Waals surface area (Å²) >= 11 is 3.60. The van der Waals surface area contributed by atoms with Gasteiger partial charge in [0.25, 0.3) is 0 Å². The van der Waals surface area contributed by atoms with E-state index in [-0.39, 0.29) is 6.04 Å². The van der Waals surface area contributed by atoms with Crippen LogP contribution in [0.4, 0.5) is 0 Å². The number of hydrogen-bond acceptors (Lipinski definition) is 4. The SMILES string of the molecule is CC(Cn1cccn1)NC(c1cccs1)c1cccs1. The molecule has 0 amide bonds. The van der Waals surface area contributed by atoms with Crippen LogP contribution in [0.1, 0.15) is 22.7 Å². The van der Waals surface area contributed by atoms with Crippen molar-refractivity contribution in [1.29, 1.82) is 0 Å². The van der Waals surface area contributed by atoms with Crippen LogP contribution >= 0.6 is 22.7 Å². The van der Waals surface area contributed by atoms with E-state index in [2.05, 4.69) is 52.4 Å². The zero-order chi connectivity index (χ0) is 13.8. The van der Waals surface area contributed by atoms with E-state index in [4.69, 9.17) is 0 Å². The molecular weight excluding hydrogens is 286 g/mol. The van der Waals surface area contributed by atoms with E-state index >= 15 is 0 Å². The predicted octanol–water partition coefficient (Wildman–Crippen LogP) is 3.77. The highest BCUT2D eigenvalue weighted by atomic mass is 32.1. The van der Waals surface area contributed by atoms with Gasteiger partial charge in [-0.2, -0.15) is 5.10 Å². The van der Waals surface area contributed by atoms with Crippen molar-refractivity contribution in [1.82, 2.24) is 15.1 Å². The number of hydrogen-bond donors (Lipinski definition) is 1. The Labute approximate surface area is 126 Å². The molecule has 1 unspecified atom stereocenters. The van der Waals surface area contributed by atoms with Crippen LogP contribution in [-0.4, -0.2) is 15.8 Å². The van der Waals surface area contributed by atoms with Crippen LogP contribution in [0.5, 0.6) is 0 Å². The second-order valence-corrected chi connectivity index (χ2v) is 6.72. The normalized spacial score (nSPS) is 12.9. The molecule has 3 aromatic heterocycles. The van der Waals surface area contributed by atoms with Gasteiger partial charge in [-0.3, -0.25) is 4.68 Å². The summed E-state index contributed by atoms with van der Waals surface area (Å²) in [5.41, 5.74) is 0. The molecule has 1 atom stereocenters. The molecule has 104 valence electrons. The van der Waals surface area contributed by atoms with Gasteiger partial charge >= 0.3 is 0 Å². The van der Waals surface area contributed by atoms with Gasteiger partial charge in [0, 0.05) is 28.2 Å². The maximum absolute atomic E-state index is 4.27. The van der Waals surface area contributed by atoms with Gasteiger partial charge in [-0.1, -0.05) is 12.1 Å². The standard InChI is InChI=1S/C15H17N3S2/c1-12(11-18-8-4-7-16-18)17-15(13-5-2-9-19-13)14-6-3-10-20-14/h2-10,12,15,17H,11H2,1H3. The highest BCUT2D eigenvalue weighted by Crippen LogP contribution is 2.29. The smallest absolute Gasteiger partial charge is 0.0767 e. The van der Waals surface area contributed by atoms with E-state index in [1.807, 2.05) is 23.1 Å². The third-order valence-corrected chi connectivity index (χ3v) is 5.00. The lowest BCUT2D eigenvalue weighted by atomic mass is 10.1. The van der Waals surface area contributed by atoms with Crippen LogP contribution in [0.2, 0.25) is 0 Å². The fourth-order valence-electron chi connectivity index (χ4n) is 2.24. The summed E-state index contributed by atoms with van der Waals surface area (Å²) in [6, 6.07) is 11.2. The Balaban J connectivity index is 1.73. The van der Waals surface area contributed by atoms with Gasteiger partial charge in [-0.15, -0.1) is 22.7 Å². The van der Waals surface area contributed by atoms with Gasteiger partial charge in [-0.25, -0.2) is 0 Å². The molecule has 0 aliphatic carbocycles. The lowest BCUT2D eigenvalue weighted by molar-refractivity contribution is 0.429. The molecule has 3 heterocycles. The molecule has 0 radical (unpaired) electrons. The lowest BCUT2D eigenvalue weighted by Gasteiger charge is -2.21. The van der Waals surface area contributed by atoms with Crippen molar-refractivity contribution < 1.29 is 0 Å². The Morgan fingerprint density at radius 1 is 1.15 bits per heavy atom. The zero-order valence-corrected chi connectivity index (χ0v) is 12.9. The number of nitrogens with zero attached hydrogens (tertiary/aromatic N) is 2. The van der Waals surface area contributed by atoms with Crippen LogP contribution in [-0.2, 0) is 6.54 Å². The summed E-state index contributed by atoms with van der Waals surface area (Å²) in [6.07, 6.45) is 3.83. The van der Waals surface area contributed by atoms with Crippen molar-refractivity contribution in [3.63, 3.8) is 0 Å². The molecule has 0 spiro atoms. The first-order chi connectivity index (χ1) is 9.83. The Morgan fingerprint density at radius 3 is 2.35 bits per heavy atom.